The number of carbonyl (C=O) groups is 1. The molecule has 0 radical (unpaired) electrons. The summed E-state index contributed by atoms with van der Waals surface area (Å²) in [5.41, 5.74) is 13.4. The third-order valence-electron chi connectivity index (χ3n) is 3.70. The van der Waals surface area contributed by atoms with Crippen LogP contribution in [-0.4, -0.2) is 31.2 Å². The minimum atomic E-state index is -0.424. The van der Waals surface area contributed by atoms with Gasteiger partial charge in [-0.05, 0) is 31.0 Å². The molecule has 1 aromatic carbocycles. The van der Waals surface area contributed by atoms with Crippen LogP contribution in [0, 0.1) is 0 Å². The molecule has 2 unspecified atom stereocenters. The summed E-state index contributed by atoms with van der Waals surface area (Å²) in [5, 5.41) is 0. The van der Waals surface area contributed by atoms with Crippen molar-refractivity contribution in [3.05, 3.63) is 23.8 Å². The maximum atomic E-state index is 11.2. The van der Waals surface area contributed by atoms with Gasteiger partial charge in [-0.1, -0.05) is 0 Å². The molecule has 0 spiro atoms. The Balaban J connectivity index is 1.91. The quantitative estimate of drug-likeness (QED) is 0.755. The van der Waals surface area contributed by atoms with Crippen molar-refractivity contribution < 1.29 is 9.53 Å². The van der Waals surface area contributed by atoms with Crippen LogP contribution in [0.15, 0.2) is 18.2 Å². The Bertz CT molecular complexity index is 477. The number of nitrogen functional groups attached to an aromatic ring is 1. The average molecular weight is 247 g/mol. The SMILES string of the molecule is NC(=O)c1ccc(N)c(N2CC3CCC(C2)O3)c1. The van der Waals surface area contributed by atoms with Crippen molar-refractivity contribution in [2.24, 2.45) is 5.73 Å². The van der Waals surface area contributed by atoms with Crippen molar-refractivity contribution in [2.45, 2.75) is 25.0 Å². The number of hydrogen-bond acceptors (Lipinski definition) is 4. The monoisotopic (exact) mass is 247 g/mol. The standard InChI is InChI=1S/C13H17N3O2/c14-11-4-1-8(13(15)17)5-12(11)16-6-9-2-3-10(7-16)18-9/h1,4-5,9-10H,2-3,6-7,14H2,(H2,15,17). The Morgan fingerprint density at radius 3 is 2.56 bits per heavy atom. The van der Waals surface area contributed by atoms with Crippen molar-refractivity contribution in [3.63, 3.8) is 0 Å². The second kappa shape index (κ2) is 4.17. The van der Waals surface area contributed by atoms with Crippen LogP contribution in [0.4, 0.5) is 11.4 Å². The highest BCUT2D eigenvalue weighted by Crippen LogP contribution is 2.32. The number of morpholine rings is 1. The number of primary amides is 1. The highest BCUT2D eigenvalue weighted by molar-refractivity contribution is 5.95. The zero-order chi connectivity index (χ0) is 12.7. The Morgan fingerprint density at radius 2 is 1.94 bits per heavy atom. The lowest BCUT2D eigenvalue weighted by molar-refractivity contribution is 0.0305. The molecule has 0 aromatic heterocycles. The first-order valence-electron chi connectivity index (χ1n) is 6.23. The molecule has 0 aliphatic carbocycles. The molecule has 3 rings (SSSR count). The molecule has 96 valence electrons. The van der Waals surface area contributed by atoms with Gasteiger partial charge in [0.05, 0.1) is 23.6 Å². The average Bonchev–Trinajstić information content (AvgIpc) is 2.68. The van der Waals surface area contributed by atoms with Gasteiger partial charge >= 0.3 is 0 Å². The number of ether oxygens (including phenoxy) is 1. The molecule has 2 bridgehead atoms. The van der Waals surface area contributed by atoms with Crippen LogP contribution in [0.2, 0.25) is 0 Å². The molecule has 5 heteroatoms. The maximum Gasteiger partial charge on any atom is 0.248 e. The van der Waals surface area contributed by atoms with Gasteiger partial charge in [-0.2, -0.15) is 0 Å². The zero-order valence-corrected chi connectivity index (χ0v) is 10.1. The molecule has 0 saturated carbocycles. The first-order chi connectivity index (χ1) is 8.63. The molecule has 2 aliphatic rings. The number of carbonyl (C=O) groups excluding carboxylic acids is 1. The van der Waals surface area contributed by atoms with E-state index in [0.29, 0.717) is 23.5 Å². The number of hydrogen-bond donors (Lipinski definition) is 2. The van der Waals surface area contributed by atoms with E-state index in [1.165, 1.54) is 0 Å². The molecule has 2 fully saturated rings. The van der Waals surface area contributed by atoms with Crippen LogP contribution in [0.3, 0.4) is 0 Å². The minimum absolute atomic E-state index is 0.292. The lowest BCUT2D eigenvalue weighted by Gasteiger charge is -2.34. The predicted octanol–water partition coefficient (Wildman–Crippen LogP) is 0.735. The fraction of sp³-hybridized carbons (Fsp3) is 0.462. The van der Waals surface area contributed by atoms with Crippen molar-refractivity contribution in [1.82, 2.24) is 0 Å². The number of rotatable bonds is 2. The molecule has 4 N–H and O–H groups in total. The normalized spacial score (nSPS) is 26.3. The molecule has 2 atom stereocenters. The van der Waals surface area contributed by atoms with E-state index in [4.69, 9.17) is 16.2 Å². The van der Waals surface area contributed by atoms with Crippen LogP contribution in [0.25, 0.3) is 0 Å². The summed E-state index contributed by atoms with van der Waals surface area (Å²) in [5.74, 6) is -0.424. The largest absolute Gasteiger partial charge is 0.397 e. The summed E-state index contributed by atoms with van der Waals surface area (Å²) < 4.78 is 5.79. The van der Waals surface area contributed by atoms with Crippen LogP contribution in [0.1, 0.15) is 23.2 Å². The topological polar surface area (TPSA) is 81.6 Å². The molecule has 2 aliphatic heterocycles. The third-order valence-corrected chi connectivity index (χ3v) is 3.70. The van der Waals surface area contributed by atoms with E-state index < -0.39 is 5.91 Å². The Labute approximate surface area is 106 Å². The van der Waals surface area contributed by atoms with Gasteiger partial charge in [0, 0.05) is 18.7 Å². The van der Waals surface area contributed by atoms with Gasteiger partial charge in [-0.3, -0.25) is 4.79 Å². The van der Waals surface area contributed by atoms with Crippen molar-refractivity contribution in [2.75, 3.05) is 23.7 Å². The van der Waals surface area contributed by atoms with Gasteiger partial charge in [0.2, 0.25) is 5.91 Å². The fourth-order valence-electron chi connectivity index (χ4n) is 2.78. The fourth-order valence-corrected chi connectivity index (χ4v) is 2.78. The second-order valence-electron chi connectivity index (χ2n) is 5.00. The van der Waals surface area contributed by atoms with E-state index >= 15 is 0 Å². The van der Waals surface area contributed by atoms with E-state index in [2.05, 4.69) is 4.90 Å². The van der Waals surface area contributed by atoms with Crippen LogP contribution in [0.5, 0.6) is 0 Å². The van der Waals surface area contributed by atoms with Gasteiger partial charge in [-0.15, -0.1) is 0 Å². The molecule has 2 saturated heterocycles. The number of fused-ring (bicyclic) bond motifs is 2. The van der Waals surface area contributed by atoms with E-state index in [1.54, 1.807) is 18.2 Å². The summed E-state index contributed by atoms with van der Waals surface area (Å²) in [4.78, 5) is 13.4. The van der Waals surface area contributed by atoms with E-state index in [1.807, 2.05) is 0 Å². The number of benzene rings is 1. The van der Waals surface area contributed by atoms with Crippen molar-refractivity contribution in [1.29, 1.82) is 0 Å². The summed E-state index contributed by atoms with van der Waals surface area (Å²) in [6.45, 7) is 1.67. The molecule has 5 nitrogen and oxygen atoms in total. The number of amides is 1. The second-order valence-corrected chi connectivity index (χ2v) is 5.00. The Morgan fingerprint density at radius 1 is 1.28 bits per heavy atom. The summed E-state index contributed by atoms with van der Waals surface area (Å²) in [6.07, 6.45) is 2.80. The van der Waals surface area contributed by atoms with Gasteiger partial charge in [0.15, 0.2) is 0 Å². The van der Waals surface area contributed by atoms with E-state index in [9.17, 15) is 4.79 Å². The lowest BCUT2D eigenvalue weighted by Crippen LogP contribution is -2.43. The van der Waals surface area contributed by atoms with Crippen molar-refractivity contribution >= 4 is 17.3 Å². The molecule has 1 amide bonds. The van der Waals surface area contributed by atoms with E-state index in [-0.39, 0.29) is 0 Å². The Kier molecular flexibility index (Phi) is 2.63. The Hall–Kier alpha value is -1.75. The summed E-state index contributed by atoms with van der Waals surface area (Å²) >= 11 is 0. The number of nitrogens with two attached hydrogens (primary N) is 2. The smallest absolute Gasteiger partial charge is 0.248 e. The van der Waals surface area contributed by atoms with E-state index in [0.717, 1.165) is 31.6 Å². The molecule has 2 heterocycles. The van der Waals surface area contributed by atoms with Crippen molar-refractivity contribution in [3.8, 4) is 0 Å². The molecule has 18 heavy (non-hydrogen) atoms. The highest BCUT2D eigenvalue weighted by Gasteiger charge is 2.34. The molecule has 1 aromatic rings. The number of anilines is 2. The maximum absolute atomic E-state index is 11.2. The van der Waals surface area contributed by atoms with Gasteiger partial charge in [0.1, 0.15) is 0 Å². The van der Waals surface area contributed by atoms with Gasteiger partial charge in [-0.25, -0.2) is 0 Å². The summed E-state index contributed by atoms with van der Waals surface area (Å²) in [7, 11) is 0. The predicted molar refractivity (Wildman–Crippen MR) is 69.5 cm³/mol. The first kappa shape index (κ1) is 11.3. The highest BCUT2D eigenvalue weighted by atomic mass is 16.5. The third kappa shape index (κ3) is 1.90. The summed E-state index contributed by atoms with van der Waals surface area (Å²) in [6, 6.07) is 5.19. The number of nitrogens with zero attached hydrogens (tertiary/aromatic N) is 1. The first-order valence-corrected chi connectivity index (χ1v) is 6.23. The molecular formula is C13H17N3O2. The lowest BCUT2D eigenvalue weighted by atomic mass is 10.1. The van der Waals surface area contributed by atoms with Gasteiger partial charge in [0.25, 0.3) is 0 Å². The van der Waals surface area contributed by atoms with Crippen LogP contribution in [-0.2, 0) is 4.74 Å². The minimum Gasteiger partial charge on any atom is -0.397 e. The van der Waals surface area contributed by atoms with Crippen LogP contribution >= 0.6 is 0 Å². The van der Waals surface area contributed by atoms with Crippen LogP contribution < -0.4 is 16.4 Å². The zero-order valence-electron chi connectivity index (χ0n) is 10.1. The van der Waals surface area contributed by atoms with Gasteiger partial charge < -0.3 is 21.1 Å². The molecular weight excluding hydrogens is 230 g/mol.